The van der Waals surface area contributed by atoms with E-state index in [1.54, 1.807) is 29.2 Å². The van der Waals surface area contributed by atoms with Crippen molar-refractivity contribution in [2.24, 2.45) is 5.92 Å². The molecule has 0 unspecified atom stereocenters. The minimum atomic E-state index is -4.45. The first-order valence-electron chi connectivity index (χ1n) is 10.8. The summed E-state index contributed by atoms with van der Waals surface area (Å²) in [5.74, 6) is -0.818. The van der Waals surface area contributed by atoms with Gasteiger partial charge in [0.25, 0.3) is 5.91 Å². The Bertz CT molecular complexity index is 981. The van der Waals surface area contributed by atoms with Crippen molar-refractivity contribution in [3.63, 3.8) is 0 Å². The highest BCUT2D eigenvalue weighted by Crippen LogP contribution is 2.29. The third-order valence-electron chi connectivity index (χ3n) is 5.57. The zero-order valence-electron chi connectivity index (χ0n) is 18.2. The van der Waals surface area contributed by atoms with Gasteiger partial charge in [0.2, 0.25) is 11.8 Å². The Kier molecular flexibility index (Phi) is 7.73. The monoisotopic (exact) mass is 461 g/mol. The van der Waals surface area contributed by atoms with E-state index < -0.39 is 11.7 Å². The van der Waals surface area contributed by atoms with Crippen molar-refractivity contribution in [3.05, 3.63) is 65.2 Å². The first kappa shape index (κ1) is 24.3. The van der Waals surface area contributed by atoms with Crippen LogP contribution in [-0.4, -0.2) is 42.3 Å². The molecule has 9 heteroatoms. The topological polar surface area (TPSA) is 78.5 Å². The predicted octanol–water partition coefficient (Wildman–Crippen LogP) is 3.87. The van der Waals surface area contributed by atoms with Crippen molar-refractivity contribution in [1.29, 1.82) is 0 Å². The smallest absolute Gasteiger partial charge is 0.356 e. The molecule has 0 spiro atoms. The lowest BCUT2D eigenvalue weighted by molar-refractivity contribution is -0.137. The molecular formula is C24H26F3N3O3. The zero-order valence-corrected chi connectivity index (χ0v) is 18.2. The van der Waals surface area contributed by atoms with Gasteiger partial charge in [0.15, 0.2) is 0 Å². The maximum atomic E-state index is 12.7. The van der Waals surface area contributed by atoms with E-state index in [1.165, 1.54) is 12.1 Å². The molecule has 0 saturated carbocycles. The summed E-state index contributed by atoms with van der Waals surface area (Å²) in [6, 6.07) is 11.2. The van der Waals surface area contributed by atoms with Gasteiger partial charge in [-0.25, -0.2) is 0 Å². The highest BCUT2D eigenvalue weighted by atomic mass is 19.4. The summed E-state index contributed by atoms with van der Waals surface area (Å²) in [5.41, 5.74) is 0.863. The number of piperidine rings is 1. The van der Waals surface area contributed by atoms with Gasteiger partial charge in [0.1, 0.15) is 0 Å². The van der Waals surface area contributed by atoms with Crippen LogP contribution in [0.2, 0.25) is 0 Å². The van der Waals surface area contributed by atoms with E-state index in [9.17, 15) is 27.6 Å². The van der Waals surface area contributed by atoms with Crippen LogP contribution in [0.3, 0.4) is 0 Å². The van der Waals surface area contributed by atoms with Crippen molar-refractivity contribution in [2.75, 3.05) is 25.0 Å². The number of likely N-dealkylation sites (tertiary alicyclic amines) is 1. The summed E-state index contributed by atoms with van der Waals surface area (Å²) < 4.78 is 38.1. The fourth-order valence-corrected chi connectivity index (χ4v) is 3.72. The van der Waals surface area contributed by atoms with Gasteiger partial charge >= 0.3 is 6.18 Å². The first-order valence-corrected chi connectivity index (χ1v) is 10.8. The molecule has 1 fully saturated rings. The fraction of sp³-hybridized carbons (Fsp3) is 0.375. The highest BCUT2D eigenvalue weighted by molar-refractivity contribution is 5.95. The van der Waals surface area contributed by atoms with Gasteiger partial charge in [-0.05, 0) is 61.7 Å². The molecule has 2 aromatic carbocycles. The fourth-order valence-electron chi connectivity index (χ4n) is 3.72. The standard InChI is InChI=1S/C24H26F3N3O3/c1-2-28-21(31)15-16-3-9-20(10-4-16)29-22(32)17-11-13-30(14-12-17)23(33)18-5-7-19(8-6-18)24(25,26)27/h3-10,17H,2,11-15H2,1H3,(H,28,31)(H,29,32). The molecule has 0 radical (unpaired) electrons. The molecular weight excluding hydrogens is 435 g/mol. The average Bonchev–Trinajstić information content (AvgIpc) is 2.79. The maximum Gasteiger partial charge on any atom is 0.416 e. The van der Waals surface area contributed by atoms with Crippen LogP contribution >= 0.6 is 0 Å². The van der Waals surface area contributed by atoms with Gasteiger partial charge < -0.3 is 15.5 Å². The normalized spacial score (nSPS) is 14.6. The lowest BCUT2D eigenvalue weighted by Crippen LogP contribution is -2.41. The predicted molar refractivity (Wildman–Crippen MR) is 118 cm³/mol. The number of nitrogens with one attached hydrogen (secondary N) is 2. The molecule has 176 valence electrons. The molecule has 1 aliphatic heterocycles. The molecule has 0 aromatic heterocycles. The lowest BCUT2D eigenvalue weighted by Gasteiger charge is -2.31. The number of hydrogen-bond acceptors (Lipinski definition) is 3. The highest BCUT2D eigenvalue weighted by Gasteiger charge is 2.31. The van der Waals surface area contributed by atoms with Crippen molar-refractivity contribution >= 4 is 23.4 Å². The number of hydrogen-bond donors (Lipinski definition) is 2. The lowest BCUT2D eigenvalue weighted by atomic mass is 9.95. The van der Waals surface area contributed by atoms with E-state index in [0.717, 1.165) is 17.7 Å². The second-order valence-electron chi connectivity index (χ2n) is 7.96. The van der Waals surface area contributed by atoms with Crippen LogP contribution in [0.1, 0.15) is 41.3 Å². The molecule has 2 aromatic rings. The third kappa shape index (κ3) is 6.57. The summed E-state index contributed by atoms with van der Waals surface area (Å²) in [7, 11) is 0. The van der Waals surface area contributed by atoms with E-state index in [-0.39, 0.29) is 35.6 Å². The number of benzene rings is 2. The molecule has 6 nitrogen and oxygen atoms in total. The molecule has 0 atom stereocenters. The minimum absolute atomic E-state index is 0.0631. The molecule has 1 aliphatic rings. The Balaban J connectivity index is 1.49. The number of amides is 3. The largest absolute Gasteiger partial charge is 0.416 e. The summed E-state index contributed by atoms with van der Waals surface area (Å²) in [4.78, 5) is 38.4. The SMILES string of the molecule is CCNC(=O)Cc1ccc(NC(=O)C2CCN(C(=O)c3ccc(C(F)(F)F)cc3)CC2)cc1. The average molecular weight is 461 g/mol. The van der Waals surface area contributed by atoms with E-state index in [2.05, 4.69) is 10.6 Å². The summed E-state index contributed by atoms with van der Waals surface area (Å²) in [6.07, 6.45) is -3.24. The van der Waals surface area contributed by atoms with Crippen molar-refractivity contribution in [3.8, 4) is 0 Å². The summed E-state index contributed by atoms with van der Waals surface area (Å²) in [5, 5.41) is 5.60. The number of likely N-dealkylation sites (N-methyl/N-ethyl adjacent to an activating group) is 1. The number of carbonyl (C=O) groups excluding carboxylic acids is 3. The van der Waals surface area contributed by atoms with E-state index in [4.69, 9.17) is 0 Å². The van der Waals surface area contributed by atoms with Gasteiger partial charge in [-0.1, -0.05) is 12.1 Å². The molecule has 3 rings (SSSR count). The Morgan fingerprint density at radius 2 is 1.58 bits per heavy atom. The van der Waals surface area contributed by atoms with E-state index >= 15 is 0 Å². The van der Waals surface area contributed by atoms with Gasteiger partial charge in [0, 0.05) is 36.8 Å². The van der Waals surface area contributed by atoms with Crippen LogP contribution in [0.5, 0.6) is 0 Å². The van der Waals surface area contributed by atoms with Crippen LogP contribution in [0.25, 0.3) is 0 Å². The number of carbonyl (C=O) groups is 3. The molecule has 1 heterocycles. The molecule has 3 amide bonds. The van der Waals surface area contributed by atoms with Crippen molar-refractivity contribution in [2.45, 2.75) is 32.4 Å². The number of halogens is 3. The molecule has 0 aliphatic carbocycles. The van der Waals surface area contributed by atoms with Gasteiger partial charge in [-0.15, -0.1) is 0 Å². The van der Waals surface area contributed by atoms with Crippen LogP contribution in [0, 0.1) is 5.92 Å². The third-order valence-corrected chi connectivity index (χ3v) is 5.57. The van der Waals surface area contributed by atoms with Crippen LogP contribution in [0.4, 0.5) is 18.9 Å². The molecule has 1 saturated heterocycles. The Hall–Kier alpha value is -3.36. The van der Waals surface area contributed by atoms with Crippen LogP contribution in [0.15, 0.2) is 48.5 Å². The molecule has 2 N–H and O–H groups in total. The Morgan fingerprint density at radius 1 is 0.970 bits per heavy atom. The summed E-state index contributed by atoms with van der Waals surface area (Å²) >= 11 is 0. The number of alkyl halides is 3. The van der Waals surface area contributed by atoms with Crippen molar-refractivity contribution in [1.82, 2.24) is 10.2 Å². The second kappa shape index (κ2) is 10.5. The van der Waals surface area contributed by atoms with E-state index in [1.807, 2.05) is 6.92 Å². The quantitative estimate of drug-likeness (QED) is 0.686. The summed E-state index contributed by atoms with van der Waals surface area (Å²) in [6.45, 7) is 3.13. The van der Waals surface area contributed by atoms with Crippen LogP contribution in [-0.2, 0) is 22.2 Å². The van der Waals surface area contributed by atoms with Gasteiger partial charge in [0.05, 0.1) is 12.0 Å². The van der Waals surface area contributed by atoms with Gasteiger partial charge in [-0.3, -0.25) is 14.4 Å². The Labute approximate surface area is 190 Å². The second-order valence-corrected chi connectivity index (χ2v) is 7.96. The first-order chi connectivity index (χ1) is 15.7. The number of anilines is 1. The number of nitrogens with zero attached hydrogens (tertiary/aromatic N) is 1. The molecule has 0 bridgehead atoms. The molecule has 33 heavy (non-hydrogen) atoms. The van der Waals surface area contributed by atoms with Crippen LogP contribution < -0.4 is 10.6 Å². The maximum absolute atomic E-state index is 12.7. The minimum Gasteiger partial charge on any atom is -0.356 e. The number of rotatable bonds is 6. The van der Waals surface area contributed by atoms with Gasteiger partial charge in [-0.2, -0.15) is 13.2 Å². The van der Waals surface area contributed by atoms with E-state index in [0.29, 0.717) is 38.2 Å². The van der Waals surface area contributed by atoms with Crippen molar-refractivity contribution < 1.29 is 27.6 Å². The Morgan fingerprint density at radius 3 is 2.12 bits per heavy atom. The zero-order chi connectivity index (χ0) is 24.0.